The average Bonchev–Trinajstić information content (AvgIpc) is 3.06. The van der Waals surface area contributed by atoms with Gasteiger partial charge >= 0.3 is 0 Å². The van der Waals surface area contributed by atoms with Crippen molar-refractivity contribution in [3.8, 4) is 0 Å². The lowest BCUT2D eigenvalue weighted by Crippen LogP contribution is -2.56. The summed E-state index contributed by atoms with van der Waals surface area (Å²) in [6.07, 6.45) is 8.96. The topological polar surface area (TPSA) is 67.4 Å². The Morgan fingerprint density at radius 3 is 2.61 bits per heavy atom. The molecule has 0 amide bonds. The van der Waals surface area contributed by atoms with E-state index < -0.39 is 9.84 Å². The molecule has 5 nitrogen and oxygen atoms in total. The van der Waals surface area contributed by atoms with Crippen LogP contribution >= 0.6 is 11.8 Å². The Labute approximate surface area is 144 Å². The van der Waals surface area contributed by atoms with Crippen molar-refractivity contribution in [1.82, 2.24) is 10.9 Å². The van der Waals surface area contributed by atoms with Crippen molar-refractivity contribution >= 4 is 21.6 Å². The molecule has 0 aromatic heterocycles. The first kappa shape index (κ1) is 18.0. The fraction of sp³-hybridized carbons (Fsp3) is 1.00. The van der Waals surface area contributed by atoms with Crippen LogP contribution in [0.5, 0.6) is 0 Å². The van der Waals surface area contributed by atoms with Gasteiger partial charge in [-0.2, -0.15) is 11.8 Å². The first-order chi connectivity index (χ1) is 11.0. The predicted molar refractivity (Wildman–Crippen MR) is 95.4 cm³/mol. The van der Waals surface area contributed by atoms with E-state index in [0.29, 0.717) is 17.2 Å². The Bertz CT molecular complexity index is 472. The molecule has 3 aliphatic rings. The summed E-state index contributed by atoms with van der Waals surface area (Å²) in [6, 6.07) is 0.408. The molecule has 2 aliphatic heterocycles. The number of rotatable bonds is 5. The highest BCUT2D eigenvalue weighted by atomic mass is 32.2. The number of sulfone groups is 1. The highest BCUT2D eigenvalue weighted by Crippen LogP contribution is 2.33. The lowest BCUT2D eigenvalue weighted by atomic mass is 9.81. The van der Waals surface area contributed by atoms with Gasteiger partial charge in [-0.05, 0) is 56.6 Å². The molecule has 0 aromatic rings. The quantitative estimate of drug-likeness (QED) is 0.776. The standard InChI is InChI=1S/C16H30N2O3S2/c1-23(19,20)15-6-4-12(5-7-15)16-9-13(10-17-18-16)21-11-14-3-2-8-22-14/h12-18H,2-11H2,1H3. The van der Waals surface area contributed by atoms with Crippen molar-refractivity contribution in [3.05, 3.63) is 0 Å². The molecule has 23 heavy (non-hydrogen) atoms. The van der Waals surface area contributed by atoms with Crippen molar-refractivity contribution in [2.24, 2.45) is 5.92 Å². The van der Waals surface area contributed by atoms with Crippen LogP contribution in [-0.4, -0.2) is 56.2 Å². The van der Waals surface area contributed by atoms with Gasteiger partial charge < -0.3 is 4.74 Å². The highest BCUT2D eigenvalue weighted by Gasteiger charge is 2.34. The molecule has 134 valence electrons. The van der Waals surface area contributed by atoms with E-state index in [1.54, 1.807) is 0 Å². The monoisotopic (exact) mass is 362 g/mol. The van der Waals surface area contributed by atoms with Crippen molar-refractivity contribution in [2.75, 3.05) is 25.2 Å². The van der Waals surface area contributed by atoms with Crippen LogP contribution in [0, 0.1) is 5.92 Å². The molecule has 2 N–H and O–H groups in total. The molecule has 2 saturated heterocycles. The first-order valence-electron chi connectivity index (χ1n) is 8.93. The summed E-state index contributed by atoms with van der Waals surface area (Å²) in [5.41, 5.74) is 6.71. The number of thioether (sulfide) groups is 1. The molecule has 0 radical (unpaired) electrons. The van der Waals surface area contributed by atoms with Crippen LogP contribution in [-0.2, 0) is 14.6 Å². The van der Waals surface area contributed by atoms with Crippen molar-refractivity contribution in [1.29, 1.82) is 0 Å². The molecule has 3 rings (SSSR count). The molecule has 1 aliphatic carbocycles. The second kappa shape index (κ2) is 8.04. The van der Waals surface area contributed by atoms with Gasteiger partial charge in [0, 0.05) is 24.1 Å². The van der Waals surface area contributed by atoms with E-state index in [2.05, 4.69) is 10.9 Å². The summed E-state index contributed by atoms with van der Waals surface area (Å²) in [5, 5.41) is 0.565. The van der Waals surface area contributed by atoms with Gasteiger partial charge in [0.1, 0.15) is 9.84 Å². The third-order valence-corrected chi connectivity index (χ3v) is 8.62. The highest BCUT2D eigenvalue weighted by molar-refractivity contribution is 8.00. The maximum absolute atomic E-state index is 11.7. The molecule has 1 saturated carbocycles. The SMILES string of the molecule is CS(=O)(=O)C1CCC(C2CC(OCC3CCCS3)CNN2)CC1. The fourth-order valence-corrected chi connectivity index (χ4v) is 6.41. The number of hydrogen-bond donors (Lipinski definition) is 2. The predicted octanol–water partition coefficient (Wildman–Crippen LogP) is 1.74. The summed E-state index contributed by atoms with van der Waals surface area (Å²) < 4.78 is 29.5. The van der Waals surface area contributed by atoms with Crippen LogP contribution in [0.15, 0.2) is 0 Å². The average molecular weight is 363 g/mol. The van der Waals surface area contributed by atoms with Gasteiger partial charge in [-0.3, -0.25) is 10.9 Å². The van der Waals surface area contributed by atoms with Gasteiger partial charge in [0.2, 0.25) is 0 Å². The number of ether oxygens (including phenoxy) is 1. The zero-order valence-corrected chi connectivity index (χ0v) is 15.6. The Hall–Kier alpha value is 0.180. The van der Waals surface area contributed by atoms with Crippen LogP contribution in [0.3, 0.4) is 0 Å². The van der Waals surface area contributed by atoms with Gasteiger partial charge in [0.05, 0.1) is 18.0 Å². The molecule has 0 spiro atoms. The third kappa shape index (κ3) is 5.08. The normalized spacial score (nSPS) is 39.4. The zero-order valence-electron chi connectivity index (χ0n) is 14.0. The van der Waals surface area contributed by atoms with E-state index in [1.807, 2.05) is 11.8 Å². The number of nitrogens with one attached hydrogen (secondary N) is 2. The second-order valence-corrected chi connectivity index (χ2v) is 11.1. The van der Waals surface area contributed by atoms with Crippen molar-refractivity contribution in [3.63, 3.8) is 0 Å². The van der Waals surface area contributed by atoms with Crippen LogP contribution in [0.25, 0.3) is 0 Å². The van der Waals surface area contributed by atoms with Crippen LogP contribution in [0.4, 0.5) is 0 Å². The van der Waals surface area contributed by atoms with E-state index in [4.69, 9.17) is 4.74 Å². The van der Waals surface area contributed by atoms with Gasteiger partial charge in [0.15, 0.2) is 0 Å². The minimum Gasteiger partial charge on any atom is -0.376 e. The summed E-state index contributed by atoms with van der Waals surface area (Å²) >= 11 is 2.04. The maximum atomic E-state index is 11.7. The van der Waals surface area contributed by atoms with Crippen molar-refractivity contribution < 1.29 is 13.2 Å². The zero-order chi connectivity index (χ0) is 16.3. The minimum absolute atomic E-state index is 0.123. The van der Waals surface area contributed by atoms with Crippen LogP contribution in [0.1, 0.15) is 44.9 Å². The summed E-state index contributed by atoms with van der Waals surface area (Å²) in [7, 11) is -2.87. The Balaban J connectivity index is 1.43. The number of hydrogen-bond acceptors (Lipinski definition) is 6. The molecule has 3 fully saturated rings. The molecule has 3 unspecified atom stereocenters. The van der Waals surface area contributed by atoms with Gasteiger partial charge in [0.25, 0.3) is 0 Å². The number of hydrazine groups is 1. The third-order valence-electron chi connectivity index (χ3n) is 5.57. The lowest BCUT2D eigenvalue weighted by Gasteiger charge is -2.39. The molecule has 0 aromatic carbocycles. The molecule has 3 atom stereocenters. The molecule has 0 bridgehead atoms. The lowest BCUT2D eigenvalue weighted by molar-refractivity contribution is 0.00977. The Morgan fingerprint density at radius 1 is 1.17 bits per heavy atom. The van der Waals surface area contributed by atoms with Gasteiger partial charge in [-0.15, -0.1) is 0 Å². The van der Waals surface area contributed by atoms with E-state index in [9.17, 15) is 8.42 Å². The van der Waals surface area contributed by atoms with E-state index >= 15 is 0 Å². The smallest absolute Gasteiger partial charge is 0.150 e. The van der Waals surface area contributed by atoms with Gasteiger partial charge in [-0.25, -0.2) is 8.42 Å². The second-order valence-electron chi connectivity index (χ2n) is 7.32. The van der Waals surface area contributed by atoms with E-state index in [1.165, 1.54) is 24.9 Å². The molecule has 7 heteroatoms. The van der Waals surface area contributed by atoms with E-state index in [-0.39, 0.29) is 11.4 Å². The Morgan fingerprint density at radius 2 is 1.96 bits per heavy atom. The minimum atomic E-state index is -2.87. The summed E-state index contributed by atoms with van der Waals surface area (Å²) in [6.45, 7) is 1.75. The molecule has 2 heterocycles. The largest absolute Gasteiger partial charge is 0.376 e. The van der Waals surface area contributed by atoms with Crippen molar-refractivity contribution in [2.45, 2.75) is 67.6 Å². The molecular weight excluding hydrogens is 332 g/mol. The Kier molecular flexibility index (Phi) is 6.29. The molecular formula is C16H30N2O3S2. The van der Waals surface area contributed by atoms with E-state index in [0.717, 1.165) is 45.3 Å². The fourth-order valence-electron chi connectivity index (χ4n) is 4.10. The van der Waals surface area contributed by atoms with Crippen LogP contribution < -0.4 is 10.9 Å². The summed E-state index contributed by atoms with van der Waals surface area (Å²) in [4.78, 5) is 0. The van der Waals surface area contributed by atoms with Gasteiger partial charge in [-0.1, -0.05) is 0 Å². The summed E-state index contributed by atoms with van der Waals surface area (Å²) in [5.74, 6) is 1.85. The maximum Gasteiger partial charge on any atom is 0.150 e. The van der Waals surface area contributed by atoms with Crippen LogP contribution in [0.2, 0.25) is 0 Å². The first-order valence-corrected chi connectivity index (χ1v) is 11.9.